The van der Waals surface area contributed by atoms with E-state index in [1.165, 1.54) is 13.8 Å². The third-order valence-electron chi connectivity index (χ3n) is 16.6. The fourth-order valence-electron chi connectivity index (χ4n) is 11.7. The smallest absolute Gasteiger partial charge is 0.364 e. The number of amides is 3. The van der Waals surface area contributed by atoms with E-state index < -0.39 is 284 Å². The number of ether oxygens (including phenoxy) is 13. The van der Waals surface area contributed by atoms with Crippen LogP contribution in [0.3, 0.4) is 0 Å². The number of aliphatic hydroxyl groups is 19. The number of carbonyl (C=O) groups is 4. The molecule has 526 valence electrons. The molecule has 3 amide bonds. The summed E-state index contributed by atoms with van der Waals surface area (Å²) < 4.78 is 76.5. The highest BCUT2D eigenvalue weighted by Crippen LogP contribution is 2.40. The lowest BCUT2D eigenvalue weighted by Crippen LogP contribution is -2.71. The number of aliphatic hydroxyl groups excluding tert-OH is 19. The van der Waals surface area contributed by atoms with E-state index in [0.29, 0.717) is 0 Å². The van der Waals surface area contributed by atoms with Crippen LogP contribution < -0.4 is 16.0 Å². The number of aliphatic carboxylic acids is 1. The predicted molar refractivity (Wildman–Crippen MR) is 281 cm³/mol. The van der Waals surface area contributed by atoms with E-state index in [4.69, 9.17) is 61.6 Å². The van der Waals surface area contributed by atoms with Gasteiger partial charge in [0.25, 0.3) is 5.79 Å². The van der Waals surface area contributed by atoms with Crippen LogP contribution in [0.4, 0.5) is 0 Å². The van der Waals surface area contributed by atoms with Crippen molar-refractivity contribution in [3.05, 3.63) is 0 Å². The van der Waals surface area contributed by atoms with E-state index in [0.717, 1.165) is 20.8 Å². The number of carbonyl (C=O) groups excluding carboxylic acids is 3. The molecule has 7 aliphatic rings. The van der Waals surface area contributed by atoms with Crippen molar-refractivity contribution in [2.24, 2.45) is 0 Å². The second kappa shape index (κ2) is 31.6. The van der Waals surface area contributed by atoms with Gasteiger partial charge in [0, 0.05) is 27.2 Å². The Morgan fingerprint density at radius 1 is 0.473 bits per heavy atom. The molecule has 0 bridgehead atoms. The molecule has 0 spiro atoms. The van der Waals surface area contributed by atoms with Crippen LogP contribution in [0.5, 0.6) is 0 Å². The highest BCUT2D eigenvalue weighted by atomic mass is 16.8. The summed E-state index contributed by atoms with van der Waals surface area (Å²) >= 11 is 0. The number of hydrogen-bond acceptors (Lipinski definition) is 36. The summed E-state index contributed by atoms with van der Waals surface area (Å²) in [6.45, 7) is -0.0125. The molecule has 0 aromatic heterocycles. The number of hydrogen-bond donors (Lipinski definition) is 23. The van der Waals surface area contributed by atoms with Gasteiger partial charge in [-0.05, 0) is 13.8 Å². The third-order valence-corrected chi connectivity index (χ3v) is 16.6. The maximum absolute atomic E-state index is 13.2. The van der Waals surface area contributed by atoms with Gasteiger partial charge in [0.1, 0.15) is 152 Å². The van der Waals surface area contributed by atoms with Gasteiger partial charge < -0.3 is 180 Å². The monoisotopic (exact) mass is 1330 g/mol. The SMILES string of the molecule is CC(=O)N[C@H]1[C@H](OC[C@H]2OC(O)[C@H](NC(C)=O)[C@@H](O[C@@H]3O[C@H](CO)[C@H](O)[C@H](O[C@]4(C(=O)O)C[C@H](O)[C@@H](NC(C)=O)[C@H]([C@H](O)[C@H](O)CO)O4)[C@H]3O)[C@H]2O)O[C@H](CO)[C@@H](O[C@@H]2O[C@H](CO)[C@H](O)[C@H](O)[C@H]2O[C@@H]2O[C@@H](C)[C@@H](O)[C@@H](O)[C@@H]2O)[C@@H]1O[C@@H]1O[C@@H](C)[C@@H](O)[C@@H](O)[C@@H]1O. The molecule has 0 aromatic carbocycles. The molecule has 0 aliphatic carbocycles. The molecular weight excluding hydrogens is 1250 g/mol. The molecule has 7 aliphatic heterocycles. The Morgan fingerprint density at radius 3 is 1.46 bits per heavy atom. The fourth-order valence-corrected chi connectivity index (χ4v) is 11.7. The molecule has 7 heterocycles. The van der Waals surface area contributed by atoms with Crippen molar-refractivity contribution in [3.8, 4) is 0 Å². The van der Waals surface area contributed by atoms with Gasteiger partial charge in [0.05, 0.1) is 57.4 Å². The van der Waals surface area contributed by atoms with Gasteiger partial charge in [-0.15, -0.1) is 0 Å². The predicted octanol–water partition coefficient (Wildman–Crippen LogP) is -14.6. The zero-order valence-corrected chi connectivity index (χ0v) is 49.3. The molecule has 0 radical (unpaired) electrons. The Morgan fingerprint density at radius 2 is 0.934 bits per heavy atom. The van der Waals surface area contributed by atoms with E-state index in [1.807, 2.05) is 0 Å². The van der Waals surface area contributed by atoms with Crippen LogP contribution in [0.15, 0.2) is 0 Å². The molecule has 0 aromatic rings. The Balaban J connectivity index is 1.19. The van der Waals surface area contributed by atoms with E-state index in [2.05, 4.69) is 16.0 Å². The second-order valence-corrected chi connectivity index (χ2v) is 23.2. The van der Waals surface area contributed by atoms with Gasteiger partial charge in [0.2, 0.25) is 17.7 Å². The Kier molecular flexibility index (Phi) is 26.1. The van der Waals surface area contributed by atoms with Crippen LogP contribution in [-0.2, 0) is 80.8 Å². The van der Waals surface area contributed by atoms with Crippen LogP contribution in [0, 0.1) is 0 Å². The average Bonchev–Trinajstić information content (AvgIpc) is 0.803. The number of rotatable bonds is 23. The Labute approximate surface area is 516 Å². The highest BCUT2D eigenvalue weighted by Gasteiger charge is 2.62. The topological polar surface area (TPSA) is 629 Å². The van der Waals surface area contributed by atoms with E-state index >= 15 is 0 Å². The minimum absolute atomic E-state index is 0.844. The first kappa shape index (κ1) is 75.0. The quantitative estimate of drug-likeness (QED) is 0.0452. The van der Waals surface area contributed by atoms with Crippen molar-refractivity contribution in [1.82, 2.24) is 16.0 Å². The van der Waals surface area contributed by atoms with Gasteiger partial charge in [-0.1, -0.05) is 0 Å². The lowest BCUT2D eigenvalue weighted by atomic mass is 9.88. The van der Waals surface area contributed by atoms with E-state index in [-0.39, 0.29) is 0 Å². The summed E-state index contributed by atoms with van der Waals surface area (Å²) in [6, 6.07) is -5.41. The fraction of sp³-hybridized carbons (Fsp3) is 0.922. The summed E-state index contributed by atoms with van der Waals surface area (Å²) in [7, 11) is 0. The first-order valence-electron chi connectivity index (χ1n) is 29.0. The first-order valence-corrected chi connectivity index (χ1v) is 29.0. The van der Waals surface area contributed by atoms with Crippen LogP contribution >= 0.6 is 0 Å². The number of carboxylic acid groups (broad SMARTS) is 1. The summed E-state index contributed by atoms with van der Waals surface area (Å²) in [5.41, 5.74) is 0. The first-order chi connectivity index (χ1) is 42.7. The second-order valence-electron chi connectivity index (χ2n) is 23.2. The summed E-state index contributed by atoms with van der Waals surface area (Å²) in [5.74, 6) is -8.02. The van der Waals surface area contributed by atoms with Crippen LogP contribution in [0.2, 0.25) is 0 Å². The van der Waals surface area contributed by atoms with E-state index in [9.17, 15) is 121 Å². The molecule has 7 fully saturated rings. The van der Waals surface area contributed by atoms with Crippen LogP contribution in [0.25, 0.3) is 0 Å². The Bertz CT molecular complexity index is 2380. The van der Waals surface area contributed by atoms with Crippen molar-refractivity contribution in [3.63, 3.8) is 0 Å². The standard InChI is InChI=1S/C51H85N3O37/c1-12-26(64)32(70)35(73)46(80-12)88-41-25(54-16(5)61)45(85-21(10-58)38(41)86-49-43(34(72)29(67)19(8-56)84-49)89-47-36(74)33(71)27(65)13(2)81-47)79-11-22-31(69)39(24(44(76)82-22)53-15(4)60)87-48-37(75)42(30(68)20(9-57)83-48)91-51(50(77)78)6-17(62)23(52-14(3)59)40(90-51)28(66)18(63)7-55/h12-13,17-49,55-58,62-76H,6-11H2,1-5H3,(H,52,59)(H,53,60)(H,54,61)(H,77,78)/t12-,13-,17-,18+,19+,20+,21+,22+,23+,24+,25+,26+,27+,28+,29-,30-,31-,32+,33+,34-,35-,36-,37+,38+,39+,40+,41+,42-,43+,44?,45+,46-,47-,48-,49-,51-/m0/s1. The molecular formula is C51H85N3O37. The minimum Gasteiger partial charge on any atom is -0.477 e. The minimum atomic E-state index is -3.24. The van der Waals surface area contributed by atoms with Crippen LogP contribution in [-0.4, -0.2) is 379 Å². The maximum atomic E-state index is 13.2. The van der Waals surface area contributed by atoms with Gasteiger partial charge in [-0.3, -0.25) is 14.4 Å². The van der Waals surface area contributed by atoms with Gasteiger partial charge in [-0.25, -0.2) is 4.79 Å². The molecule has 0 saturated carbocycles. The molecule has 1 unspecified atom stereocenters. The zero-order valence-electron chi connectivity index (χ0n) is 49.3. The molecule has 36 atom stereocenters. The maximum Gasteiger partial charge on any atom is 0.364 e. The lowest BCUT2D eigenvalue weighted by Gasteiger charge is -2.51. The van der Waals surface area contributed by atoms with Crippen molar-refractivity contribution in [1.29, 1.82) is 0 Å². The average molecular weight is 1330 g/mol. The van der Waals surface area contributed by atoms with E-state index in [1.54, 1.807) is 0 Å². The van der Waals surface area contributed by atoms with Gasteiger partial charge >= 0.3 is 5.97 Å². The molecule has 91 heavy (non-hydrogen) atoms. The lowest BCUT2D eigenvalue weighted by molar-refractivity contribution is -0.394. The largest absolute Gasteiger partial charge is 0.477 e. The summed E-state index contributed by atoms with van der Waals surface area (Å²) in [5, 5.41) is 225. The van der Waals surface area contributed by atoms with Crippen molar-refractivity contribution in [2.75, 3.05) is 33.0 Å². The zero-order chi connectivity index (χ0) is 67.6. The molecule has 40 heteroatoms. The number of carboxylic acids is 1. The summed E-state index contributed by atoms with van der Waals surface area (Å²) in [4.78, 5) is 51.2. The van der Waals surface area contributed by atoms with Crippen molar-refractivity contribution >= 4 is 23.7 Å². The molecule has 7 saturated heterocycles. The van der Waals surface area contributed by atoms with Crippen molar-refractivity contribution in [2.45, 2.75) is 261 Å². The highest BCUT2D eigenvalue weighted by molar-refractivity contribution is 5.77. The normalized spacial score (nSPS) is 48.0. The van der Waals surface area contributed by atoms with Crippen molar-refractivity contribution < 1.29 is 183 Å². The number of nitrogens with one attached hydrogen (secondary N) is 3. The van der Waals surface area contributed by atoms with Crippen LogP contribution in [0.1, 0.15) is 41.0 Å². The molecule has 7 rings (SSSR count). The third kappa shape index (κ3) is 16.4. The van der Waals surface area contributed by atoms with Gasteiger partial charge in [-0.2, -0.15) is 0 Å². The molecule has 23 N–H and O–H groups in total. The Hall–Kier alpha value is -3.40. The molecule has 40 nitrogen and oxygen atoms in total. The summed E-state index contributed by atoms with van der Waals surface area (Å²) in [6.07, 6.45) is -65.0. The van der Waals surface area contributed by atoms with Gasteiger partial charge in [0.15, 0.2) is 37.7 Å².